The number of hydrogen-bond donors (Lipinski definition) is 1. The second-order valence-electron chi connectivity index (χ2n) is 6.35. The van der Waals surface area contributed by atoms with Crippen LogP contribution < -0.4 is 14.8 Å². The number of fused-ring (bicyclic) bond motifs is 1. The Kier molecular flexibility index (Phi) is 4.25. The first-order valence-electron chi connectivity index (χ1n) is 8.01. The maximum atomic E-state index is 12.9. The van der Waals surface area contributed by atoms with Gasteiger partial charge in [0.15, 0.2) is 11.5 Å². The van der Waals surface area contributed by atoms with Gasteiger partial charge in [-0.05, 0) is 50.9 Å². The highest BCUT2D eigenvalue weighted by Gasteiger charge is 2.37. The molecule has 2 aliphatic rings. The fourth-order valence-electron chi connectivity index (χ4n) is 3.21. The van der Waals surface area contributed by atoms with Gasteiger partial charge in [-0.2, -0.15) is 0 Å². The van der Waals surface area contributed by atoms with Gasteiger partial charge in [-0.25, -0.2) is 0 Å². The van der Waals surface area contributed by atoms with E-state index in [4.69, 9.17) is 9.47 Å². The quantitative estimate of drug-likeness (QED) is 0.926. The van der Waals surface area contributed by atoms with Crippen molar-refractivity contribution in [2.45, 2.75) is 33.2 Å². The van der Waals surface area contributed by atoms with Crippen molar-refractivity contribution in [3.63, 3.8) is 0 Å². The molecule has 5 nitrogen and oxygen atoms in total. The van der Waals surface area contributed by atoms with Crippen LogP contribution in [0.3, 0.4) is 0 Å². The van der Waals surface area contributed by atoms with Gasteiger partial charge in [-0.1, -0.05) is 6.07 Å². The van der Waals surface area contributed by atoms with E-state index in [2.05, 4.69) is 12.2 Å². The van der Waals surface area contributed by atoms with Crippen LogP contribution in [0.25, 0.3) is 0 Å². The molecule has 0 bridgehead atoms. The van der Waals surface area contributed by atoms with Crippen molar-refractivity contribution >= 4 is 5.91 Å². The first-order chi connectivity index (χ1) is 10.6. The van der Waals surface area contributed by atoms with Gasteiger partial charge in [0.25, 0.3) is 0 Å². The van der Waals surface area contributed by atoms with Crippen molar-refractivity contribution in [2.24, 2.45) is 5.41 Å². The largest absolute Gasteiger partial charge is 0.454 e. The van der Waals surface area contributed by atoms with Crippen molar-refractivity contribution in [1.82, 2.24) is 10.2 Å². The molecule has 120 valence electrons. The summed E-state index contributed by atoms with van der Waals surface area (Å²) in [5.74, 6) is 1.79. The Balaban J connectivity index is 1.72. The Morgan fingerprint density at radius 2 is 2.18 bits per heavy atom. The summed E-state index contributed by atoms with van der Waals surface area (Å²) in [5, 5.41) is 3.35. The van der Waals surface area contributed by atoms with Crippen molar-refractivity contribution in [1.29, 1.82) is 0 Å². The standard InChI is InChI=1S/C17H24N2O3/c1-3-19(16(20)17(2)7-4-8-18-11-17)10-13-5-6-14-15(9-13)22-12-21-14/h5-6,9,18H,3-4,7-8,10-12H2,1-2H3. The van der Waals surface area contributed by atoms with Crippen LogP contribution in [0.4, 0.5) is 0 Å². The van der Waals surface area contributed by atoms with E-state index in [1.807, 2.05) is 30.0 Å². The van der Waals surface area contributed by atoms with Crippen LogP contribution in [0.15, 0.2) is 18.2 Å². The minimum Gasteiger partial charge on any atom is -0.454 e. The summed E-state index contributed by atoms with van der Waals surface area (Å²) in [6.07, 6.45) is 2.01. The Hall–Kier alpha value is -1.75. The van der Waals surface area contributed by atoms with E-state index in [0.717, 1.165) is 43.0 Å². The molecule has 22 heavy (non-hydrogen) atoms. The average Bonchev–Trinajstić information content (AvgIpc) is 3.00. The fraction of sp³-hybridized carbons (Fsp3) is 0.588. The van der Waals surface area contributed by atoms with Crippen LogP contribution in [-0.2, 0) is 11.3 Å². The van der Waals surface area contributed by atoms with Crippen molar-refractivity contribution in [3.05, 3.63) is 23.8 Å². The number of hydrogen-bond acceptors (Lipinski definition) is 4. The predicted octanol–water partition coefficient (Wildman–Crippen LogP) is 2.15. The molecule has 5 heteroatoms. The van der Waals surface area contributed by atoms with Gasteiger partial charge in [0.2, 0.25) is 12.7 Å². The molecule has 1 aromatic rings. The van der Waals surface area contributed by atoms with E-state index in [1.165, 1.54) is 0 Å². The highest BCUT2D eigenvalue weighted by atomic mass is 16.7. The smallest absolute Gasteiger partial charge is 0.231 e. The number of carbonyl (C=O) groups is 1. The molecule has 1 atom stereocenters. The van der Waals surface area contributed by atoms with Crippen LogP contribution in [0.1, 0.15) is 32.3 Å². The summed E-state index contributed by atoms with van der Waals surface area (Å²) in [4.78, 5) is 14.9. The van der Waals surface area contributed by atoms with Gasteiger partial charge < -0.3 is 19.7 Å². The fourth-order valence-corrected chi connectivity index (χ4v) is 3.21. The number of carbonyl (C=O) groups excluding carboxylic acids is 1. The molecule has 1 amide bonds. The zero-order valence-corrected chi connectivity index (χ0v) is 13.4. The molecule has 1 saturated heterocycles. The van der Waals surface area contributed by atoms with Crippen LogP contribution >= 0.6 is 0 Å². The third-order valence-corrected chi connectivity index (χ3v) is 4.59. The number of rotatable bonds is 4. The highest BCUT2D eigenvalue weighted by molar-refractivity contribution is 5.82. The first kappa shape index (κ1) is 15.2. The molecule has 1 aromatic carbocycles. The van der Waals surface area contributed by atoms with Gasteiger partial charge >= 0.3 is 0 Å². The van der Waals surface area contributed by atoms with Crippen molar-refractivity contribution in [3.8, 4) is 11.5 Å². The average molecular weight is 304 g/mol. The summed E-state index contributed by atoms with van der Waals surface area (Å²) >= 11 is 0. The molecule has 0 radical (unpaired) electrons. The van der Waals surface area contributed by atoms with E-state index in [1.54, 1.807) is 0 Å². The number of nitrogens with zero attached hydrogens (tertiary/aromatic N) is 1. The molecule has 2 aliphatic heterocycles. The molecule has 1 fully saturated rings. The van der Waals surface area contributed by atoms with Gasteiger partial charge in [0.1, 0.15) is 0 Å². The molecule has 1 unspecified atom stereocenters. The van der Waals surface area contributed by atoms with Crippen LogP contribution in [0.5, 0.6) is 11.5 Å². The molecule has 3 rings (SSSR count). The second kappa shape index (κ2) is 6.16. The molecule has 2 heterocycles. The summed E-state index contributed by atoms with van der Waals surface area (Å²) in [6, 6.07) is 5.89. The molecule has 0 spiro atoms. The van der Waals surface area contributed by atoms with Crippen molar-refractivity contribution < 1.29 is 14.3 Å². The predicted molar refractivity (Wildman–Crippen MR) is 83.9 cm³/mol. The first-order valence-corrected chi connectivity index (χ1v) is 8.01. The topological polar surface area (TPSA) is 50.8 Å². The summed E-state index contributed by atoms with van der Waals surface area (Å²) in [5.41, 5.74) is 0.789. The minimum absolute atomic E-state index is 0.236. The SMILES string of the molecule is CCN(Cc1ccc2c(c1)OCO2)C(=O)C1(C)CCCNC1. The molecule has 1 N–H and O–H groups in total. The van der Waals surface area contributed by atoms with Crippen molar-refractivity contribution in [2.75, 3.05) is 26.4 Å². The zero-order chi connectivity index (χ0) is 15.6. The number of nitrogens with one attached hydrogen (secondary N) is 1. The monoisotopic (exact) mass is 304 g/mol. The summed E-state index contributed by atoms with van der Waals surface area (Å²) in [6.45, 7) is 7.48. The number of piperidine rings is 1. The summed E-state index contributed by atoms with van der Waals surface area (Å²) in [7, 11) is 0. The van der Waals surface area contributed by atoms with E-state index in [9.17, 15) is 4.79 Å². The van der Waals surface area contributed by atoms with E-state index in [-0.39, 0.29) is 18.1 Å². The second-order valence-corrected chi connectivity index (χ2v) is 6.35. The molecule has 0 saturated carbocycles. The molecular weight excluding hydrogens is 280 g/mol. The third kappa shape index (κ3) is 2.90. The van der Waals surface area contributed by atoms with Crippen LogP contribution in [-0.4, -0.2) is 37.2 Å². The Bertz CT molecular complexity index is 553. The number of amides is 1. The van der Waals surface area contributed by atoms with Gasteiger partial charge in [-0.3, -0.25) is 4.79 Å². The Morgan fingerprint density at radius 1 is 1.36 bits per heavy atom. The van der Waals surface area contributed by atoms with E-state index < -0.39 is 0 Å². The maximum absolute atomic E-state index is 12.9. The lowest BCUT2D eigenvalue weighted by Crippen LogP contribution is -2.50. The molecule has 0 aliphatic carbocycles. The minimum atomic E-state index is -0.287. The lowest BCUT2D eigenvalue weighted by Gasteiger charge is -2.37. The van der Waals surface area contributed by atoms with E-state index >= 15 is 0 Å². The molecular formula is C17H24N2O3. The highest BCUT2D eigenvalue weighted by Crippen LogP contribution is 2.33. The summed E-state index contributed by atoms with van der Waals surface area (Å²) < 4.78 is 10.7. The van der Waals surface area contributed by atoms with E-state index in [0.29, 0.717) is 13.1 Å². The zero-order valence-electron chi connectivity index (χ0n) is 13.4. The van der Waals surface area contributed by atoms with Gasteiger partial charge in [0.05, 0.1) is 5.41 Å². The normalized spacial score (nSPS) is 23.4. The lowest BCUT2D eigenvalue weighted by atomic mass is 9.81. The number of ether oxygens (including phenoxy) is 2. The number of benzene rings is 1. The van der Waals surface area contributed by atoms with Gasteiger partial charge in [0, 0.05) is 19.6 Å². The Labute approximate surface area is 131 Å². The maximum Gasteiger partial charge on any atom is 0.231 e. The molecule has 0 aromatic heterocycles. The lowest BCUT2D eigenvalue weighted by molar-refractivity contribution is -0.142. The van der Waals surface area contributed by atoms with Crippen LogP contribution in [0, 0.1) is 5.41 Å². The van der Waals surface area contributed by atoms with Gasteiger partial charge in [-0.15, -0.1) is 0 Å². The Morgan fingerprint density at radius 3 is 2.91 bits per heavy atom. The van der Waals surface area contributed by atoms with Crippen LogP contribution in [0.2, 0.25) is 0 Å². The third-order valence-electron chi connectivity index (χ3n) is 4.59.